The second-order valence-corrected chi connectivity index (χ2v) is 5.28. The summed E-state index contributed by atoms with van der Waals surface area (Å²) < 4.78 is 6.92. The Hall–Kier alpha value is -3.15. The number of rotatable bonds is 5. The third-order valence-electron chi connectivity index (χ3n) is 3.62. The summed E-state index contributed by atoms with van der Waals surface area (Å²) in [7, 11) is 1.52. The van der Waals surface area contributed by atoms with Gasteiger partial charge in [0.25, 0.3) is 5.91 Å². The SMILES string of the molecule is COc1cn(-c2ccccc2)nc1C(=O)NC(C)c1ccccn1. The van der Waals surface area contributed by atoms with Gasteiger partial charge < -0.3 is 10.1 Å². The van der Waals surface area contributed by atoms with E-state index in [2.05, 4.69) is 15.4 Å². The number of benzene rings is 1. The molecule has 0 aliphatic carbocycles. The van der Waals surface area contributed by atoms with Crippen LogP contribution in [0.2, 0.25) is 0 Å². The molecule has 0 radical (unpaired) electrons. The van der Waals surface area contributed by atoms with Crippen molar-refractivity contribution in [3.8, 4) is 11.4 Å². The molecule has 0 spiro atoms. The summed E-state index contributed by atoms with van der Waals surface area (Å²) >= 11 is 0. The standard InChI is InChI=1S/C18H18N4O2/c1-13(15-10-6-7-11-19-15)20-18(23)17-16(24-2)12-22(21-17)14-8-4-3-5-9-14/h3-13H,1-2H3,(H,20,23). The Bertz CT molecular complexity index is 816. The Labute approximate surface area is 140 Å². The van der Waals surface area contributed by atoms with Crippen LogP contribution >= 0.6 is 0 Å². The molecule has 0 fully saturated rings. The van der Waals surface area contributed by atoms with Crippen molar-refractivity contribution in [3.63, 3.8) is 0 Å². The van der Waals surface area contributed by atoms with Crippen LogP contribution in [-0.2, 0) is 0 Å². The van der Waals surface area contributed by atoms with Gasteiger partial charge in [0.15, 0.2) is 11.4 Å². The third-order valence-corrected chi connectivity index (χ3v) is 3.62. The molecule has 0 aliphatic heterocycles. The van der Waals surface area contributed by atoms with Crippen LogP contribution in [-0.4, -0.2) is 27.8 Å². The fourth-order valence-corrected chi connectivity index (χ4v) is 2.35. The van der Waals surface area contributed by atoms with Crippen LogP contribution in [0.3, 0.4) is 0 Å². The number of methoxy groups -OCH3 is 1. The highest BCUT2D eigenvalue weighted by Gasteiger charge is 2.20. The highest BCUT2D eigenvalue weighted by atomic mass is 16.5. The summed E-state index contributed by atoms with van der Waals surface area (Å²) in [4.78, 5) is 16.8. The molecule has 0 saturated heterocycles. The molecule has 3 aromatic rings. The first kappa shape index (κ1) is 15.7. The first-order valence-corrected chi connectivity index (χ1v) is 7.60. The molecule has 6 nitrogen and oxygen atoms in total. The first-order chi connectivity index (χ1) is 11.7. The fourth-order valence-electron chi connectivity index (χ4n) is 2.35. The second kappa shape index (κ2) is 6.95. The zero-order valence-electron chi connectivity index (χ0n) is 13.5. The van der Waals surface area contributed by atoms with Crippen molar-refractivity contribution in [2.45, 2.75) is 13.0 Å². The van der Waals surface area contributed by atoms with Crippen molar-refractivity contribution >= 4 is 5.91 Å². The van der Waals surface area contributed by atoms with E-state index in [9.17, 15) is 4.79 Å². The second-order valence-electron chi connectivity index (χ2n) is 5.28. The van der Waals surface area contributed by atoms with Gasteiger partial charge in [0.2, 0.25) is 0 Å². The Kier molecular flexibility index (Phi) is 4.56. The van der Waals surface area contributed by atoms with Gasteiger partial charge in [0, 0.05) is 6.20 Å². The average molecular weight is 322 g/mol. The van der Waals surface area contributed by atoms with Gasteiger partial charge in [-0.2, -0.15) is 5.10 Å². The molecule has 6 heteroatoms. The number of carbonyl (C=O) groups is 1. The number of hydrogen-bond acceptors (Lipinski definition) is 4. The number of nitrogens with one attached hydrogen (secondary N) is 1. The molecule has 2 heterocycles. The van der Waals surface area contributed by atoms with E-state index in [4.69, 9.17) is 4.74 Å². The lowest BCUT2D eigenvalue weighted by atomic mass is 10.2. The van der Waals surface area contributed by atoms with E-state index in [1.54, 1.807) is 17.1 Å². The number of pyridine rings is 1. The molecule has 1 unspecified atom stereocenters. The maximum Gasteiger partial charge on any atom is 0.276 e. The highest BCUT2D eigenvalue weighted by molar-refractivity contribution is 5.95. The van der Waals surface area contributed by atoms with Crippen molar-refractivity contribution in [1.29, 1.82) is 0 Å². The van der Waals surface area contributed by atoms with Gasteiger partial charge in [-0.1, -0.05) is 24.3 Å². The Morgan fingerprint density at radius 1 is 1.17 bits per heavy atom. The van der Waals surface area contributed by atoms with E-state index >= 15 is 0 Å². The van der Waals surface area contributed by atoms with E-state index in [-0.39, 0.29) is 17.6 Å². The van der Waals surface area contributed by atoms with E-state index in [1.807, 2.05) is 55.5 Å². The van der Waals surface area contributed by atoms with Gasteiger partial charge in [-0.15, -0.1) is 0 Å². The molecule has 0 bridgehead atoms. The lowest BCUT2D eigenvalue weighted by Crippen LogP contribution is -2.28. The quantitative estimate of drug-likeness (QED) is 0.784. The summed E-state index contributed by atoms with van der Waals surface area (Å²) in [6.07, 6.45) is 3.39. The minimum atomic E-state index is -0.306. The van der Waals surface area contributed by atoms with Crippen molar-refractivity contribution < 1.29 is 9.53 Å². The zero-order valence-corrected chi connectivity index (χ0v) is 13.5. The Balaban J connectivity index is 1.83. The van der Waals surface area contributed by atoms with Crippen LogP contribution in [0.15, 0.2) is 60.9 Å². The van der Waals surface area contributed by atoms with Crippen LogP contribution in [0.1, 0.15) is 29.1 Å². The average Bonchev–Trinajstić information content (AvgIpc) is 3.08. The van der Waals surface area contributed by atoms with Crippen LogP contribution in [0.5, 0.6) is 5.75 Å². The summed E-state index contributed by atoms with van der Waals surface area (Å²) in [6, 6.07) is 14.9. The van der Waals surface area contributed by atoms with Crippen molar-refractivity contribution in [1.82, 2.24) is 20.1 Å². The predicted octanol–water partition coefficient (Wildman–Crippen LogP) is 2.77. The molecule has 1 aromatic carbocycles. The topological polar surface area (TPSA) is 69.0 Å². The van der Waals surface area contributed by atoms with Gasteiger partial charge in [-0.05, 0) is 31.2 Å². The molecule has 2 aromatic heterocycles. The number of hydrogen-bond donors (Lipinski definition) is 1. The van der Waals surface area contributed by atoms with E-state index in [0.717, 1.165) is 11.4 Å². The molecule has 3 rings (SSSR count). The fraction of sp³-hybridized carbons (Fsp3) is 0.167. The van der Waals surface area contributed by atoms with Crippen molar-refractivity contribution in [2.24, 2.45) is 0 Å². The van der Waals surface area contributed by atoms with E-state index in [1.165, 1.54) is 7.11 Å². The minimum absolute atomic E-state index is 0.231. The van der Waals surface area contributed by atoms with Gasteiger partial charge in [0.05, 0.1) is 30.7 Å². The Morgan fingerprint density at radius 3 is 2.58 bits per heavy atom. The number of nitrogens with zero attached hydrogens (tertiary/aromatic N) is 3. The van der Waals surface area contributed by atoms with Crippen molar-refractivity contribution in [3.05, 3.63) is 72.3 Å². The molecular formula is C18H18N4O2. The number of aromatic nitrogens is 3. The van der Waals surface area contributed by atoms with E-state index in [0.29, 0.717) is 5.75 Å². The predicted molar refractivity (Wildman–Crippen MR) is 90.2 cm³/mol. The maximum atomic E-state index is 12.6. The van der Waals surface area contributed by atoms with Crippen LogP contribution < -0.4 is 10.1 Å². The van der Waals surface area contributed by atoms with Crippen LogP contribution in [0.25, 0.3) is 5.69 Å². The minimum Gasteiger partial charge on any atom is -0.493 e. The normalized spacial score (nSPS) is 11.8. The summed E-state index contributed by atoms with van der Waals surface area (Å²) in [5, 5.41) is 7.25. The maximum absolute atomic E-state index is 12.6. The molecule has 24 heavy (non-hydrogen) atoms. The monoisotopic (exact) mass is 322 g/mol. The number of carbonyl (C=O) groups excluding carboxylic acids is 1. The van der Waals surface area contributed by atoms with Crippen LogP contribution in [0, 0.1) is 0 Å². The van der Waals surface area contributed by atoms with Gasteiger partial charge in [0.1, 0.15) is 0 Å². The molecule has 1 amide bonds. The smallest absolute Gasteiger partial charge is 0.276 e. The molecule has 1 N–H and O–H groups in total. The molecular weight excluding hydrogens is 304 g/mol. The Morgan fingerprint density at radius 2 is 1.92 bits per heavy atom. The van der Waals surface area contributed by atoms with Crippen LogP contribution in [0.4, 0.5) is 0 Å². The summed E-state index contributed by atoms with van der Waals surface area (Å²) in [5.41, 5.74) is 1.88. The number of ether oxygens (including phenoxy) is 1. The largest absolute Gasteiger partial charge is 0.493 e. The molecule has 0 aliphatic rings. The molecule has 0 saturated carbocycles. The highest BCUT2D eigenvalue weighted by Crippen LogP contribution is 2.20. The van der Waals surface area contributed by atoms with E-state index < -0.39 is 0 Å². The van der Waals surface area contributed by atoms with Gasteiger partial charge in [-0.25, -0.2) is 4.68 Å². The number of para-hydroxylation sites is 1. The van der Waals surface area contributed by atoms with Gasteiger partial charge in [-0.3, -0.25) is 9.78 Å². The summed E-state index contributed by atoms with van der Waals surface area (Å²) in [6.45, 7) is 1.88. The zero-order chi connectivity index (χ0) is 16.9. The lowest BCUT2D eigenvalue weighted by molar-refractivity contribution is 0.0930. The van der Waals surface area contributed by atoms with Crippen molar-refractivity contribution in [2.75, 3.05) is 7.11 Å². The third kappa shape index (κ3) is 3.27. The number of amides is 1. The molecule has 1 atom stereocenters. The first-order valence-electron chi connectivity index (χ1n) is 7.60. The lowest BCUT2D eigenvalue weighted by Gasteiger charge is -2.12. The summed E-state index contributed by atoms with van der Waals surface area (Å²) in [5.74, 6) is 0.115. The molecule has 122 valence electrons. The van der Waals surface area contributed by atoms with Gasteiger partial charge >= 0.3 is 0 Å².